The van der Waals surface area contributed by atoms with Crippen LogP contribution in [0.5, 0.6) is 17.2 Å². The first kappa shape index (κ1) is 28.2. The predicted molar refractivity (Wildman–Crippen MR) is 144 cm³/mol. The molecule has 0 bridgehead atoms. The van der Waals surface area contributed by atoms with Crippen LogP contribution in [0.1, 0.15) is 46.0 Å². The Kier molecular flexibility index (Phi) is 10.7. The van der Waals surface area contributed by atoms with Crippen molar-refractivity contribution in [3.63, 3.8) is 0 Å². The predicted octanol–water partition coefficient (Wildman–Crippen LogP) is 4.63. The van der Waals surface area contributed by atoms with Crippen molar-refractivity contribution in [1.29, 1.82) is 0 Å². The average Bonchev–Trinajstić information content (AvgIpc) is 2.93. The Bertz CT molecular complexity index is 1290. The molecule has 0 saturated heterocycles. The summed E-state index contributed by atoms with van der Waals surface area (Å²) in [5.41, 5.74) is 3.62. The van der Waals surface area contributed by atoms with Gasteiger partial charge in [0.2, 0.25) is 0 Å². The Morgan fingerprint density at radius 2 is 1.76 bits per heavy atom. The van der Waals surface area contributed by atoms with E-state index in [1.165, 1.54) is 19.4 Å². The van der Waals surface area contributed by atoms with Gasteiger partial charge in [0, 0.05) is 10.6 Å². The van der Waals surface area contributed by atoms with Gasteiger partial charge in [-0.1, -0.05) is 31.0 Å². The summed E-state index contributed by atoms with van der Waals surface area (Å²) in [4.78, 5) is 36.7. The van der Waals surface area contributed by atoms with Crippen molar-refractivity contribution < 1.29 is 28.6 Å². The molecule has 0 aliphatic heterocycles. The summed E-state index contributed by atoms with van der Waals surface area (Å²) in [6.45, 7) is 2.44. The first-order valence-electron chi connectivity index (χ1n) is 11.9. The molecular formula is C28H28ClN3O6. The van der Waals surface area contributed by atoms with Gasteiger partial charge in [0.25, 0.3) is 11.8 Å². The summed E-state index contributed by atoms with van der Waals surface area (Å²) in [7, 11) is 1.44. The quantitative estimate of drug-likeness (QED) is 0.114. The third-order valence-electron chi connectivity index (χ3n) is 5.15. The van der Waals surface area contributed by atoms with E-state index in [4.69, 9.17) is 25.8 Å². The number of carbonyl (C=O) groups is 3. The molecule has 3 aromatic carbocycles. The fourth-order valence-electron chi connectivity index (χ4n) is 3.14. The number of halogens is 1. The van der Waals surface area contributed by atoms with Gasteiger partial charge in [-0.3, -0.25) is 9.59 Å². The molecule has 0 saturated carbocycles. The molecule has 198 valence electrons. The molecule has 38 heavy (non-hydrogen) atoms. The first-order valence-corrected chi connectivity index (χ1v) is 12.3. The van der Waals surface area contributed by atoms with Crippen LogP contribution in [0.3, 0.4) is 0 Å². The van der Waals surface area contributed by atoms with Crippen LogP contribution in [0.4, 0.5) is 0 Å². The summed E-state index contributed by atoms with van der Waals surface area (Å²) in [5, 5.41) is 6.79. The highest BCUT2D eigenvalue weighted by atomic mass is 35.5. The van der Waals surface area contributed by atoms with Crippen LogP contribution in [-0.2, 0) is 4.79 Å². The number of nitrogens with one attached hydrogen (secondary N) is 2. The highest BCUT2D eigenvalue weighted by Crippen LogP contribution is 2.28. The molecule has 0 spiro atoms. The number of ether oxygens (including phenoxy) is 3. The van der Waals surface area contributed by atoms with Crippen molar-refractivity contribution in [3.8, 4) is 17.2 Å². The van der Waals surface area contributed by atoms with E-state index >= 15 is 0 Å². The van der Waals surface area contributed by atoms with Crippen molar-refractivity contribution >= 4 is 35.6 Å². The van der Waals surface area contributed by atoms with Crippen molar-refractivity contribution in [2.45, 2.75) is 19.8 Å². The maximum atomic E-state index is 12.6. The minimum atomic E-state index is -0.545. The largest absolute Gasteiger partial charge is 0.494 e. The highest BCUT2D eigenvalue weighted by Gasteiger charge is 2.13. The lowest BCUT2D eigenvalue weighted by Gasteiger charge is -2.10. The van der Waals surface area contributed by atoms with E-state index in [0.29, 0.717) is 39.8 Å². The molecule has 9 nitrogen and oxygen atoms in total. The van der Waals surface area contributed by atoms with Gasteiger partial charge in [0.15, 0.2) is 11.5 Å². The lowest BCUT2D eigenvalue weighted by Crippen LogP contribution is -2.34. The molecule has 2 amide bonds. The van der Waals surface area contributed by atoms with Crippen LogP contribution in [-0.4, -0.2) is 44.3 Å². The summed E-state index contributed by atoms with van der Waals surface area (Å²) in [6, 6.07) is 17.9. The lowest BCUT2D eigenvalue weighted by molar-refractivity contribution is -0.120. The van der Waals surface area contributed by atoms with Gasteiger partial charge in [-0.05, 0) is 72.6 Å². The van der Waals surface area contributed by atoms with Gasteiger partial charge in [0.1, 0.15) is 5.75 Å². The van der Waals surface area contributed by atoms with Crippen LogP contribution in [0, 0.1) is 0 Å². The maximum absolute atomic E-state index is 12.6. The standard InChI is InChI=1S/C28H28ClN3O6/c1-3-4-14-37-23-11-9-20(10-12-23)28(35)38-24-13-8-19(15-25(24)36-2)17-31-32-26(33)18-30-27(34)21-6-5-7-22(29)16-21/h5-13,15-17H,3-4,14,18H2,1-2H3,(H,30,34)(H,32,33). The maximum Gasteiger partial charge on any atom is 0.343 e. The van der Waals surface area contributed by atoms with Crippen molar-refractivity contribution in [3.05, 3.63) is 88.4 Å². The molecule has 2 N–H and O–H groups in total. The fraction of sp³-hybridized carbons (Fsp3) is 0.214. The number of hydrogen-bond donors (Lipinski definition) is 2. The molecule has 0 atom stereocenters. The van der Waals surface area contributed by atoms with E-state index in [9.17, 15) is 14.4 Å². The third-order valence-corrected chi connectivity index (χ3v) is 5.38. The van der Waals surface area contributed by atoms with E-state index in [1.54, 1.807) is 60.7 Å². The van der Waals surface area contributed by atoms with Crippen molar-refractivity contribution in [1.82, 2.24) is 10.7 Å². The Labute approximate surface area is 225 Å². The first-order chi connectivity index (χ1) is 18.4. The zero-order valence-electron chi connectivity index (χ0n) is 21.0. The minimum absolute atomic E-state index is 0.227. The second kappa shape index (κ2) is 14.4. The monoisotopic (exact) mass is 537 g/mol. The number of hydrogen-bond acceptors (Lipinski definition) is 7. The zero-order valence-corrected chi connectivity index (χ0v) is 21.8. The van der Waals surface area contributed by atoms with Gasteiger partial charge in [-0.15, -0.1) is 0 Å². The molecule has 0 radical (unpaired) electrons. The average molecular weight is 538 g/mol. The molecule has 0 fully saturated rings. The Balaban J connectivity index is 1.51. The summed E-state index contributed by atoms with van der Waals surface area (Å²) < 4.78 is 16.4. The van der Waals surface area contributed by atoms with E-state index in [2.05, 4.69) is 22.8 Å². The smallest absolute Gasteiger partial charge is 0.343 e. The fourth-order valence-corrected chi connectivity index (χ4v) is 3.33. The molecule has 0 unspecified atom stereocenters. The van der Waals surface area contributed by atoms with Gasteiger partial charge >= 0.3 is 5.97 Å². The lowest BCUT2D eigenvalue weighted by atomic mass is 10.2. The molecular weight excluding hydrogens is 510 g/mol. The number of rotatable bonds is 12. The second-order valence-electron chi connectivity index (χ2n) is 8.01. The summed E-state index contributed by atoms with van der Waals surface area (Å²) in [5.74, 6) is -0.273. The van der Waals surface area contributed by atoms with E-state index in [1.807, 2.05) is 0 Å². The van der Waals surface area contributed by atoms with Crippen LogP contribution in [0.2, 0.25) is 5.02 Å². The minimum Gasteiger partial charge on any atom is -0.494 e. The Morgan fingerprint density at radius 1 is 0.974 bits per heavy atom. The van der Waals surface area contributed by atoms with Gasteiger partial charge in [0.05, 0.1) is 32.0 Å². The van der Waals surface area contributed by atoms with Crippen molar-refractivity contribution in [2.24, 2.45) is 5.10 Å². The van der Waals surface area contributed by atoms with Crippen LogP contribution in [0.25, 0.3) is 0 Å². The normalized spacial score (nSPS) is 10.6. The number of amides is 2. The molecule has 10 heteroatoms. The van der Waals surface area contributed by atoms with Crippen LogP contribution < -0.4 is 25.0 Å². The zero-order chi connectivity index (χ0) is 27.3. The van der Waals surface area contributed by atoms with Crippen molar-refractivity contribution in [2.75, 3.05) is 20.3 Å². The SMILES string of the molecule is CCCCOc1ccc(C(=O)Oc2ccc(C=NNC(=O)CNC(=O)c3cccc(Cl)c3)cc2OC)cc1. The number of methoxy groups -OCH3 is 1. The van der Waals surface area contributed by atoms with Gasteiger partial charge < -0.3 is 19.5 Å². The molecule has 3 aromatic rings. The third kappa shape index (κ3) is 8.63. The van der Waals surface area contributed by atoms with Gasteiger partial charge in [-0.2, -0.15) is 5.10 Å². The highest BCUT2D eigenvalue weighted by molar-refractivity contribution is 6.31. The number of nitrogens with zero attached hydrogens (tertiary/aromatic N) is 1. The number of hydrazone groups is 1. The van der Waals surface area contributed by atoms with E-state index < -0.39 is 17.8 Å². The van der Waals surface area contributed by atoms with Crippen LogP contribution >= 0.6 is 11.6 Å². The number of unbranched alkanes of at least 4 members (excludes halogenated alkanes) is 1. The van der Waals surface area contributed by atoms with E-state index in [-0.39, 0.29) is 12.3 Å². The summed E-state index contributed by atoms with van der Waals surface area (Å²) in [6.07, 6.45) is 3.39. The number of benzene rings is 3. The second-order valence-corrected chi connectivity index (χ2v) is 8.45. The number of esters is 1. The number of carbonyl (C=O) groups excluding carboxylic acids is 3. The molecule has 0 aliphatic rings. The molecule has 0 aliphatic carbocycles. The Morgan fingerprint density at radius 3 is 2.47 bits per heavy atom. The Hall–Kier alpha value is -4.37. The molecule has 3 rings (SSSR count). The van der Waals surface area contributed by atoms with E-state index in [0.717, 1.165) is 12.8 Å². The summed E-state index contributed by atoms with van der Waals surface area (Å²) >= 11 is 5.87. The van der Waals surface area contributed by atoms with Gasteiger partial charge in [-0.25, -0.2) is 10.2 Å². The molecule has 0 aromatic heterocycles. The topological polar surface area (TPSA) is 115 Å². The van der Waals surface area contributed by atoms with Crippen LogP contribution in [0.15, 0.2) is 71.8 Å². The molecule has 0 heterocycles.